The van der Waals surface area contributed by atoms with Crippen molar-refractivity contribution in [3.63, 3.8) is 0 Å². The molecule has 1 N–H and O–H groups in total. The minimum absolute atomic E-state index is 0.191. The van der Waals surface area contributed by atoms with E-state index in [4.69, 9.17) is 14.2 Å². The molecule has 3 aliphatic heterocycles. The van der Waals surface area contributed by atoms with Crippen LogP contribution in [-0.4, -0.2) is 84.7 Å². The number of nitrogens with zero attached hydrogens (tertiary/aromatic N) is 2. The van der Waals surface area contributed by atoms with Crippen molar-refractivity contribution in [3.05, 3.63) is 0 Å². The highest BCUT2D eigenvalue weighted by Gasteiger charge is 2.69. The second kappa shape index (κ2) is 12.4. The number of ether oxygens (including phenoxy) is 3. The molecule has 7 aliphatic rings. The van der Waals surface area contributed by atoms with E-state index in [1.807, 2.05) is 20.8 Å². The summed E-state index contributed by atoms with van der Waals surface area (Å²) >= 11 is 0. The molecule has 7 fully saturated rings. The normalized spacial score (nSPS) is 46.7. The Morgan fingerprint density at radius 2 is 1.64 bits per heavy atom. The van der Waals surface area contributed by atoms with Crippen LogP contribution in [0.1, 0.15) is 119 Å². The van der Waals surface area contributed by atoms with Crippen molar-refractivity contribution >= 4 is 12.0 Å². The molecule has 47 heavy (non-hydrogen) atoms. The van der Waals surface area contributed by atoms with Gasteiger partial charge >= 0.3 is 6.09 Å². The summed E-state index contributed by atoms with van der Waals surface area (Å²) in [7, 11) is 0. The lowest BCUT2D eigenvalue weighted by atomic mass is 9.44. The fourth-order valence-electron chi connectivity index (χ4n) is 12.4. The summed E-state index contributed by atoms with van der Waals surface area (Å²) in [5, 5.41) is 3.46. The molecule has 0 aromatic carbocycles. The van der Waals surface area contributed by atoms with Gasteiger partial charge in [0.05, 0.1) is 12.7 Å². The summed E-state index contributed by atoms with van der Waals surface area (Å²) in [6.07, 6.45) is 13.1. The molecule has 0 aromatic heterocycles. The molecule has 2 amide bonds. The number of carbonyl (C=O) groups is 2. The average Bonchev–Trinajstić information content (AvgIpc) is 3.46. The fourth-order valence-corrected chi connectivity index (χ4v) is 12.4. The van der Waals surface area contributed by atoms with Crippen LogP contribution in [0.3, 0.4) is 0 Å². The van der Waals surface area contributed by atoms with E-state index in [-0.39, 0.29) is 17.8 Å². The maximum Gasteiger partial charge on any atom is 0.410 e. The van der Waals surface area contributed by atoms with Crippen molar-refractivity contribution < 1.29 is 23.8 Å². The van der Waals surface area contributed by atoms with Crippen molar-refractivity contribution in [1.29, 1.82) is 0 Å². The van der Waals surface area contributed by atoms with Gasteiger partial charge in [-0.3, -0.25) is 9.69 Å². The van der Waals surface area contributed by atoms with Crippen molar-refractivity contribution in [3.8, 4) is 0 Å². The van der Waals surface area contributed by atoms with E-state index in [9.17, 15) is 9.59 Å². The maximum absolute atomic E-state index is 13.1. The van der Waals surface area contributed by atoms with Gasteiger partial charge in [0.25, 0.3) is 0 Å². The number of piperazine rings is 1. The molecule has 8 heteroatoms. The first kappa shape index (κ1) is 34.1. The van der Waals surface area contributed by atoms with Crippen LogP contribution < -0.4 is 5.32 Å². The second-order valence-electron chi connectivity index (χ2n) is 18.8. The summed E-state index contributed by atoms with van der Waals surface area (Å²) in [5.41, 5.74) is 0.294. The van der Waals surface area contributed by atoms with Gasteiger partial charge in [-0.25, -0.2) is 4.79 Å². The molecule has 12 atom stereocenters. The highest BCUT2D eigenvalue weighted by molar-refractivity contribution is 5.76. The van der Waals surface area contributed by atoms with Crippen LogP contribution in [0.2, 0.25) is 0 Å². The van der Waals surface area contributed by atoms with Crippen LogP contribution in [0, 0.1) is 52.3 Å². The molecule has 1 unspecified atom stereocenters. The molecule has 3 heterocycles. The number of carbonyl (C=O) groups excluding carboxylic acids is 2. The highest BCUT2D eigenvalue weighted by atomic mass is 16.7. The lowest BCUT2D eigenvalue weighted by molar-refractivity contribution is -0.273. The molecule has 0 radical (unpaired) electrons. The lowest BCUT2D eigenvalue weighted by Gasteiger charge is -2.61. The van der Waals surface area contributed by atoms with Gasteiger partial charge < -0.3 is 24.4 Å². The summed E-state index contributed by atoms with van der Waals surface area (Å²) in [6, 6.07) is 0.310. The topological polar surface area (TPSA) is 80.3 Å². The Labute approximate surface area is 284 Å². The van der Waals surface area contributed by atoms with E-state index in [1.165, 1.54) is 44.9 Å². The minimum Gasteiger partial charge on any atom is -0.444 e. The van der Waals surface area contributed by atoms with Gasteiger partial charge in [0.1, 0.15) is 5.60 Å². The predicted molar refractivity (Wildman–Crippen MR) is 183 cm³/mol. The van der Waals surface area contributed by atoms with Crippen LogP contribution in [0.15, 0.2) is 0 Å². The average molecular weight is 656 g/mol. The first-order chi connectivity index (χ1) is 22.2. The van der Waals surface area contributed by atoms with E-state index >= 15 is 0 Å². The maximum atomic E-state index is 13.1. The molecular formula is C39H65N3O5. The Morgan fingerprint density at radius 1 is 0.894 bits per heavy atom. The predicted octanol–water partition coefficient (Wildman–Crippen LogP) is 6.86. The molecule has 4 aliphatic carbocycles. The molecule has 4 saturated carbocycles. The molecule has 0 bridgehead atoms. The highest BCUT2D eigenvalue weighted by Crippen LogP contribution is 2.71. The first-order valence-corrected chi connectivity index (χ1v) is 19.5. The van der Waals surface area contributed by atoms with Gasteiger partial charge in [-0.1, -0.05) is 27.7 Å². The van der Waals surface area contributed by atoms with Gasteiger partial charge in [0, 0.05) is 57.5 Å². The van der Waals surface area contributed by atoms with Gasteiger partial charge in [0.2, 0.25) is 5.91 Å². The lowest BCUT2D eigenvalue weighted by Crippen LogP contribution is -2.56. The molecule has 8 nitrogen and oxygen atoms in total. The van der Waals surface area contributed by atoms with Crippen LogP contribution >= 0.6 is 0 Å². The Kier molecular flexibility index (Phi) is 9.02. The molecule has 0 aromatic rings. The zero-order chi connectivity index (χ0) is 33.4. The van der Waals surface area contributed by atoms with Crippen LogP contribution in [0.5, 0.6) is 0 Å². The van der Waals surface area contributed by atoms with E-state index in [1.54, 1.807) is 4.90 Å². The van der Waals surface area contributed by atoms with E-state index in [0.29, 0.717) is 66.2 Å². The standard InChI is InChI=1S/C39H65N3O5/c1-25-10-16-39(45-24-25)26(2)34-32(46-39)23-31-29-9-8-27-22-28(11-14-37(27,6)30(29)12-15-38(31,34)7)40-33(43)13-17-41-18-20-42(21-19-41)35(44)47-36(3,4)5/h25-32,34H,8-24H2,1-7H3,(H,40,43)/t25-,26-,27+,28?,29+,30-,31-,32-,34-,37-,38-,39+/m0/s1. The number of hydrogen-bond donors (Lipinski definition) is 1. The zero-order valence-corrected chi connectivity index (χ0v) is 30.7. The molecular weight excluding hydrogens is 590 g/mol. The molecule has 1 spiro atoms. The Hall–Kier alpha value is -1.38. The molecule has 266 valence electrons. The largest absolute Gasteiger partial charge is 0.444 e. The van der Waals surface area contributed by atoms with Crippen LogP contribution in [-0.2, 0) is 19.0 Å². The number of fused-ring (bicyclic) bond motifs is 7. The third kappa shape index (κ3) is 6.17. The van der Waals surface area contributed by atoms with E-state index in [0.717, 1.165) is 63.3 Å². The number of amides is 2. The van der Waals surface area contributed by atoms with Crippen molar-refractivity contribution in [2.75, 3.05) is 39.3 Å². The van der Waals surface area contributed by atoms with Crippen molar-refractivity contribution in [2.24, 2.45) is 52.3 Å². The fraction of sp³-hybridized carbons (Fsp3) is 0.949. The summed E-state index contributed by atoms with van der Waals surface area (Å²) in [6.45, 7) is 20.3. The minimum atomic E-state index is -0.475. The quantitative estimate of drug-likeness (QED) is 0.357. The Morgan fingerprint density at radius 3 is 2.34 bits per heavy atom. The van der Waals surface area contributed by atoms with Crippen molar-refractivity contribution in [2.45, 2.75) is 143 Å². The van der Waals surface area contributed by atoms with Gasteiger partial charge in [-0.05, 0) is 125 Å². The van der Waals surface area contributed by atoms with Crippen LogP contribution in [0.25, 0.3) is 0 Å². The zero-order valence-electron chi connectivity index (χ0n) is 30.7. The summed E-state index contributed by atoms with van der Waals surface area (Å²) in [5.74, 6) is 4.75. The number of rotatable bonds is 4. The molecule has 3 saturated heterocycles. The third-order valence-corrected chi connectivity index (χ3v) is 15.0. The summed E-state index contributed by atoms with van der Waals surface area (Å²) in [4.78, 5) is 29.6. The SMILES string of the molecule is C[C@H]1CC[C@@]2(OC1)O[C@H]1C[C@H]3[C@@H]4CC[C@@H]5CC(NC(=O)CCN6CCN(C(=O)OC(C)(C)C)CC6)CC[C@]5(C)[C@H]4CC[C@]3(C)[C@H]1[C@@H]2C. The number of nitrogens with one attached hydrogen (secondary N) is 1. The Balaban J connectivity index is 0.894. The third-order valence-electron chi connectivity index (χ3n) is 15.0. The molecule has 7 rings (SSSR count). The second-order valence-corrected chi connectivity index (χ2v) is 18.8. The van der Waals surface area contributed by atoms with E-state index < -0.39 is 5.60 Å². The summed E-state index contributed by atoms with van der Waals surface area (Å²) < 4.78 is 19.1. The van der Waals surface area contributed by atoms with E-state index in [2.05, 4.69) is 37.9 Å². The Bertz CT molecular complexity index is 1170. The van der Waals surface area contributed by atoms with Gasteiger partial charge in [0.15, 0.2) is 5.79 Å². The van der Waals surface area contributed by atoms with Gasteiger partial charge in [-0.15, -0.1) is 0 Å². The monoisotopic (exact) mass is 655 g/mol. The smallest absolute Gasteiger partial charge is 0.410 e. The van der Waals surface area contributed by atoms with Crippen LogP contribution in [0.4, 0.5) is 4.79 Å². The first-order valence-electron chi connectivity index (χ1n) is 19.5. The number of hydrogen-bond acceptors (Lipinski definition) is 6. The van der Waals surface area contributed by atoms with Crippen molar-refractivity contribution in [1.82, 2.24) is 15.1 Å². The van der Waals surface area contributed by atoms with Gasteiger partial charge in [-0.2, -0.15) is 0 Å².